The zero-order chi connectivity index (χ0) is 13.7. The molecule has 0 radical (unpaired) electrons. The number of hydrogen-bond acceptors (Lipinski definition) is 3. The highest BCUT2D eigenvalue weighted by atomic mass is 127. The Morgan fingerprint density at radius 2 is 2.10 bits per heavy atom. The van der Waals surface area contributed by atoms with Crippen molar-refractivity contribution in [2.24, 2.45) is 17.5 Å². The van der Waals surface area contributed by atoms with Crippen LogP contribution in [0.25, 0.3) is 0 Å². The van der Waals surface area contributed by atoms with Crippen molar-refractivity contribution in [3.63, 3.8) is 0 Å². The second-order valence-corrected chi connectivity index (χ2v) is 5.60. The van der Waals surface area contributed by atoms with Crippen molar-refractivity contribution >= 4 is 29.9 Å². The van der Waals surface area contributed by atoms with Crippen LogP contribution in [0.15, 0.2) is 11.3 Å². The normalized spacial score (nSPS) is 17.6. The van der Waals surface area contributed by atoms with Crippen LogP contribution in [-0.4, -0.2) is 34.3 Å². The fourth-order valence-corrected chi connectivity index (χ4v) is 2.57. The van der Waals surface area contributed by atoms with Gasteiger partial charge in [0.05, 0.1) is 6.54 Å². The summed E-state index contributed by atoms with van der Waals surface area (Å²) < 4.78 is 1.76. The maximum atomic E-state index is 4.25. The average molecular weight is 392 g/mol. The molecule has 1 heterocycles. The lowest BCUT2D eigenvalue weighted by molar-refractivity contribution is 0.334. The smallest absolute Gasteiger partial charge is 0.191 e. The van der Waals surface area contributed by atoms with Crippen LogP contribution in [0.2, 0.25) is 0 Å². The fourth-order valence-electron chi connectivity index (χ4n) is 2.57. The molecule has 6 nitrogen and oxygen atoms in total. The number of guanidine groups is 1. The minimum absolute atomic E-state index is 0. The van der Waals surface area contributed by atoms with Crippen molar-refractivity contribution in [2.45, 2.75) is 39.2 Å². The second-order valence-electron chi connectivity index (χ2n) is 5.60. The minimum atomic E-state index is 0. The van der Waals surface area contributed by atoms with Crippen molar-refractivity contribution in [1.82, 2.24) is 25.4 Å². The quantitative estimate of drug-likeness (QED) is 0.465. The van der Waals surface area contributed by atoms with E-state index in [1.54, 1.807) is 18.1 Å². The van der Waals surface area contributed by atoms with Crippen molar-refractivity contribution in [3.05, 3.63) is 12.2 Å². The van der Waals surface area contributed by atoms with Crippen molar-refractivity contribution in [1.29, 1.82) is 0 Å². The lowest BCUT2D eigenvalue weighted by atomic mass is 9.89. The number of nitrogens with one attached hydrogen (secondary N) is 2. The van der Waals surface area contributed by atoms with Gasteiger partial charge in [0.2, 0.25) is 0 Å². The van der Waals surface area contributed by atoms with Crippen LogP contribution in [0.1, 0.15) is 38.4 Å². The monoisotopic (exact) mass is 392 g/mol. The summed E-state index contributed by atoms with van der Waals surface area (Å²) in [5.74, 6) is 1.73. The topological polar surface area (TPSA) is 67.1 Å². The summed E-state index contributed by atoms with van der Waals surface area (Å²) in [5.41, 5.74) is 0.419. The second kappa shape index (κ2) is 7.80. The Hall–Kier alpha value is -0.860. The number of aliphatic imine (C=N–C) groups is 1. The van der Waals surface area contributed by atoms with Gasteiger partial charge in [-0.05, 0) is 18.3 Å². The number of aryl methyl sites for hydroxylation is 1. The first-order valence-corrected chi connectivity index (χ1v) is 6.90. The van der Waals surface area contributed by atoms with Crippen LogP contribution in [0.5, 0.6) is 0 Å². The third-order valence-electron chi connectivity index (χ3n) is 3.94. The molecule has 1 fully saturated rings. The Labute approximate surface area is 137 Å². The number of rotatable bonds is 4. The van der Waals surface area contributed by atoms with Gasteiger partial charge >= 0.3 is 0 Å². The van der Waals surface area contributed by atoms with Crippen molar-refractivity contribution in [3.8, 4) is 0 Å². The van der Waals surface area contributed by atoms with Crippen molar-refractivity contribution < 1.29 is 0 Å². The van der Waals surface area contributed by atoms with Gasteiger partial charge in [-0.15, -0.1) is 24.0 Å². The summed E-state index contributed by atoms with van der Waals surface area (Å²) in [6, 6.07) is 0. The van der Waals surface area contributed by atoms with E-state index < -0.39 is 0 Å². The molecule has 2 N–H and O–H groups in total. The highest BCUT2D eigenvalue weighted by Gasteiger charge is 2.28. The molecular weight excluding hydrogens is 367 g/mol. The summed E-state index contributed by atoms with van der Waals surface area (Å²) in [7, 11) is 3.68. The number of aromatic nitrogens is 3. The van der Waals surface area contributed by atoms with Gasteiger partial charge in [0.15, 0.2) is 5.96 Å². The van der Waals surface area contributed by atoms with Gasteiger partial charge in [-0.25, -0.2) is 4.98 Å². The number of hydrogen-bond donors (Lipinski definition) is 2. The first kappa shape index (κ1) is 17.2. The Bertz CT molecular complexity index is 436. The van der Waals surface area contributed by atoms with Crippen LogP contribution in [0.4, 0.5) is 0 Å². The zero-order valence-electron chi connectivity index (χ0n) is 12.5. The molecular formula is C13H25IN6. The molecule has 0 atom stereocenters. The molecule has 2 rings (SSSR count). The van der Waals surface area contributed by atoms with Crippen LogP contribution in [-0.2, 0) is 13.6 Å². The third kappa shape index (κ3) is 4.60. The largest absolute Gasteiger partial charge is 0.356 e. The Morgan fingerprint density at radius 1 is 1.40 bits per heavy atom. The van der Waals surface area contributed by atoms with Crippen molar-refractivity contribution in [2.75, 3.05) is 13.6 Å². The summed E-state index contributed by atoms with van der Waals surface area (Å²) >= 11 is 0. The van der Waals surface area contributed by atoms with E-state index in [2.05, 4.69) is 32.6 Å². The van der Waals surface area contributed by atoms with E-state index in [0.29, 0.717) is 12.0 Å². The van der Waals surface area contributed by atoms with Crippen LogP contribution < -0.4 is 10.6 Å². The van der Waals surface area contributed by atoms with Gasteiger partial charge in [-0.2, -0.15) is 5.10 Å². The number of halogens is 1. The first-order chi connectivity index (χ1) is 9.13. The molecule has 7 heteroatoms. The molecule has 0 bridgehead atoms. The number of nitrogens with zero attached hydrogens (tertiary/aromatic N) is 4. The predicted molar refractivity (Wildman–Crippen MR) is 91.2 cm³/mol. The predicted octanol–water partition coefficient (Wildman–Crippen LogP) is 1.68. The lowest BCUT2D eigenvalue weighted by Gasteiger charge is -2.25. The van der Waals surface area contributed by atoms with Gasteiger partial charge in [-0.1, -0.05) is 19.8 Å². The summed E-state index contributed by atoms with van der Waals surface area (Å²) in [5, 5.41) is 10.7. The lowest BCUT2D eigenvalue weighted by Crippen LogP contribution is -2.42. The van der Waals surface area contributed by atoms with Crippen LogP contribution in [0.3, 0.4) is 0 Å². The maximum Gasteiger partial charge on any atom is 0.191 e. The molecule has 0 saturated heterocycles. The van der Waals surface area contributed by atoms with Crippen LogP contribution >= 0.6 is 24.0 Å². The molecule has 1 aromatic heterocycles. The van der Waals surface area contributed by atoms with Gasteiger partial charge in [0, 0.05) is 20.6 Å². The molecule has 1 saturated carbocycles. The first-order valence-electron chi connectivity index (χ1n) is 6.90. The summed E-state index contributed by atoms with van der Waals surface area (Å²) in [4.78, 5) is 8.43. The average Bonchev–Trinajstić information content (AvgIpc) is 3.00. The van der Waals surface area contributed by atoms with E-state index in [9.17, 15) is 0 Å². The molecule has 20 heavy (non-hydrogen) atoms. The van der Waals surface area contributed by atoms with Gasteiger partial charge in [0.25, 0.3) is 0 Å². The Kier molecular flexibility index (Phi) is 6.70. The third-order valence-corrected chi connectivity index (χ3v) is 3.94. The van der Waals surface area contributed by atoms with Gasteiger partial charge < -0.3 is 10.6 Å². The highest BCUT2D eigenvalue weighted by molar-refractivity contribution is 14.0. The van der Waals surface area contributed by atoms with Gasteiger partial charge in [-0.3, -0.25) is 9.67 Å². The van der Waals surface area contributed by atoms with E-state index in [-0.39, 0.29) is 24.0 Å². The molecule has 0 unspecified atom stereocenters. The minimum Gasteiger partial charge on any atom is -0.356 e. The maximum absolute atomic E-state index is 4.25. The van der Waals surface area contributed by atoms with E-state index in [4.69, 9.17) is 0 Å². The Balaban J connectivity index is 0.00000200. The van der Waals surface area contributed by atoms with E-state index in [1.165, 1.54) is 25.7 Å². The zero-order valence-corrected chi connectivity index (χ0v) is 14.8. The molecule has 1 aliphatic rings. The summed E-state index contributed by atoms with van der Waals surface area (Å²) in [6.45, 7) is 3.96. The fraction of sp³-hybridized carbons (Fsp3) is 0.769. The Morgan fingerprint density at radius 3 is 2.65 bits per heavy atom. The molecule has 0 spiro atoms. The highest BCUT2D eigenvalue weighted by Crippen LogP contribution is 2.36. The molecule has 0 aliphatic heterocycles. The standard InChI is InChI=1S/C13H24N6.HI/c1-13(6-4-5-7-13)9-16-12(14-2)15-8-11-17-10-18-19(11)3;/h10H,4-9H2,1-3H3,(H2,14,15,16);1H. The molecule has 1 aliphatic carbocycles. The molecule has 114 valence electrons. The SMILES string of the molecule is CN=C(NCc1ncnn1C)NCC1(C)CCCC1.I. The molecule has 1 aromatic rings. The molecule has 0 aromatic carbocycles. The summed E-state index contributed by atoms with van der Waals surface area (Å²) in [6.07, 6.45) is 6.87. The molecule has 0 amide bonds. The van der Waals surface area contributed by atoms with E-state index in [1.807, 2.05) is 7.05 Å². The van der Waals surface area contributed by atoms with Crippen LogP contribution in [0, 0.1) is 5.41 Å². The van der Waals surface area contributed by atoms with E-state index in [0.717, 1.165) is 18.3 Å². The van der Waals surface area contributed by atoms with E-state index >= 15 is 0 Å². The van der Waals surface area contributed by atoms with Gasteiger partial charge in [0.1, 0.15) is 12.2 Å².